The third-order valence-corrected chi connectivity index (χ3v) is 5.98. The number of carbonyl (C=O) groups excluding carboxylic acids is 1. The first-order valence-electron chi connectivity index (χ1n) is 11.0. The molecule has 0 unspecified atom stereocenters. The number of hydrogen-bond donors (Lipinski definition) is 3. The van der Waals surface area contributed by atoms with E-state index in [1.165, 1.54) is 30.5 Å². The third-order valence-electron chi connectivity index (χ3n) is 5.98. The minimum Gasteiger partial charge on any atom is -0.478 e. The molecule has 3 heterocycles. The molecule has 7 nitrogen and oxygen atoms in total. The predicted octanol–water partition coefficient (Wildman–Crippen LogP) is 4.31. The summed E-state index contributed by atoms with van der Waals surface area (Å²) in [6.45, 7) is 3.11. The number of fused-ring (bicyclic) bond motifs is 1. The van der Waals surface area contributed by atoms with E-state index in [9.17, 15) is 14.7 Å². The Kier molecular flexibility index (Phi) is 5.62. The van der Waals surface area contributed by atoms with Crippen molar-refractivity contribution in [1.29, 1.82) is 0 Å². The number of nitrogens with one attached hydrogen (secondary N) is 2. The van der Waals surface area contributed by atoms with Crippen LogP contribution in [0.25, 0.3) is 11.3 Å². The highest BCUT2D eigenvalue weighted by Gasteiger charge is 2.30. The van der Waals surface area contributed by atoms with Gasteiger partial charge in [0.2, 0.25) is 0 Å². The number of hydrogen-bond acceptors (Lipinski definition) is 5. The Morgan fingerprint density at radius 1 is 1.06 bits per heavy atom. The van der Waals surface area contributed by atoms with Gasteiger partial charge in [0.25, 0.3) is 5.91 Å². The molecule has 0 spiro atoms. The maximum absolute atomic E-state index is 13.0. The first-order chi connectivity index (χ1) is 16.1. The van der Waals surface area contributed by atoms with Gasteiger partial charge in [0.15, 0.2) is 0 Å². The molecule has 2 aliphatic rings. The molecule has 5 rings (SSSR count). The Hall–Kier alpha value is -3.97. The minimum absolute atomic E-state index is 0.121. The second kappa shape index (κ2) is 8.88. The van der Waals surface area contributed by atoms with Crippen LogP contribution >= 0.6 is 0 Å². The molecule has 0 radical (unpaired) electrons. The van der Waals surface area contributed by atoms with E-state index in [4.69, 9.17) is 0 Å². The summed E-state index contributed by atoms with van der Waals surface area (Å²) < 4.78 is 0. The molecule has 33 heavy (non-hydrogen) atoms. The summed E-state index contributed by atoms with van der Waals surface area (Å²) in [4.78, 5) is 31.5. The lowest BCUT2D eigenvalue weighted by Gasteiger charge is -2.17. The average molecular weight is 441 g/mol. The summed E-state index contributed by atoms with van der Waals surface area (Å²) >= 11 is 0. The fraction of sp³-hybridized carbons (Fsp3) is 0.192. The van der Waals surface area contributed by atoms with Crippen molar-refractivity contribution in [1.82, 2.24) is 9.88 Å². The van der Waals surface area contributed by atoms with Crippen molar-refractivity contribution in [3.8, 4) is 0 Å². The molecule has 1 amide bonds. The van der Waals surface area contributed by atoms with E-state index in [2.05, 4.69) is 32.7 Å². The molecule has 0 aliphatic carbocycles. The highest BCUT2D eigenvalue weighted by atomic mass is 16.4. The van der Waals surface area contributed by atoms with Crippen LogP contribution in [0, 0.1) is 0 Å². The van der Waals surface area contributed by atoms with E-state index < -0.39 is 5.97 Å². The smallest absolute Gasteiger partial charge is 0.335 e. The molecular weight excluding hydrogens is 416 g/mol. The van der Waals surface area contributed by atoms with Gasteiger partial charge in [-0.1, -0.05) is 18.2 Å². The van der Waals surface area contributed by atoms with Crippen molar-refractivity contribution in [3.63, 3.8) is 0 Å². The Labute approximate surface area is 191 Å². The van der Waals surface area contributed by atoms with Gasteiger partial charge < -0.3 is 15.7 Å². The van der Waals surface area contributed by atoms with Crippen molar-refractivity contribution in [2.75, 3.05) is 23.7 Å². The van der Waals surface area contributed by atoms with Crippen molar-refractivity contribution < 1.29 is 14.7 Å². The molecule has 2 aromatic carbocycles. The van der Waals surface area contributed by atoms with Crippen LogP contribution < -0.4 is 10.6 Å². The largest absolute Gasteiger partial charge is 0.478 e. The first kappa shape index (κ1) is 20.9. The van der Waals surface area contributed by atoms with Gasteiger partial charge in [0, 0.05) is 29.7 Å². The van der Waals surface area contributed by atoms with Crippen LogP contribution in [0.2, 0.25) is 0 Å². The molecule has 7 heteroatoms. The van der Waals surface area contributed by atoms with Crippen LogP contribution in [0.3, 0.4) is 0 Å². The topological polar surface area (TPSA) is 94.6 Å². The lowest BCUT2D eigenvalue weighted by molar-refractivity contribution is -0.110. The minimum atomic E-state index is -1.04. The van der Waals surface area contributed by atoms with Gasteiger partial charge in [-0.2, -0.15) is 0 Å². The number of likely N-dealkylation sites (tertiary alicyclic amines) is 1. The number of benzene rings is 2. The molecule has 1 fully saturated rings. The Bertz CT molecular complexity index is 1250. The van der Waals surface area contributed by atoms with Crippen molar-refractivity contribution in [2.45, 2.75) is 19.4 Å². The summed E-state index contributed by atoms with van der Waals surface area (Å²) in [6.07, 6.45) is 4.14. The number of aromatic nitrogens is 1. The molecule has 1 aromatic heterocycles. The van der Waals surface area contributed by atoms with Crippen LogP contribution in [-0.4, -0.2) is 40.0 Å². The van der Waals surface area contributed by atoms with E-state index >= 15 is 0 Å². The molecule has 2 aliphatic heterocycles. The SMILES string of the molecule is O=C1Nc2ccc(C(=O)O)cc2C1=C(Nc1cccc(CN2CCCC2)c1)c1ccccn1. The molecule has 1 saturated heterocycles. The third kappa shape index (κ3) is 4.36. The van der Waals surface area contributed by atoms with Crippen LogP contribution in [0.15, 0.2) is 66.9 Å². The maximum atomic E-state index is 13.0. The number of carboxylic acids is 1. The quantitative estimate of drug-likeness (QED) is 0.495. The van der Waals surface area contributed by atoms with E-state index in [0.29, 0.717) is 28.2 Å². The summed E-state index contributed by atoms with van der Waals surface area (Å²) in [5.74, 6) is -1.34. The van der Waals surface area contributed by atoms with E-state index in [1.54, 1.807) is 12.3 Å². The summed E-state index contributed by atoms with van der Waals surface area (Å²) in [7, 11) is 0. The predicted molar refractivity (Wildman–Crippen MR) is 128 cm³/mol. The number of aromatic carboxylic acids is 1. The van der Waals surface area contributed by atoms with Crippen LogP contribution in [0.4, 0.5) is 11.4 Å². The zero-order valence-electron chi connectivity index (χ0n) is 18.0. The maximum Gasteiger partial charge on any atom is 0.335 e. The van der Waals surface area contributed by atoms with Gasteiger partial charge in [-0.15, -0.1) is 0 Å². The van der Waals surface area contributed by atoms with E-state index in [1.807, 2.05) is 30.3 Å². The summed E-state index contributed by atoms with van der Waals surface area (Å²) in [6, 6.07) is 18.3. The molecule has 0 bridgehead atoms. The van der Waals surface area contributed by atoms with Gasteiger partial charge >= 0.3 is 5.97 Å². The monoisotopic (exact) mass is 440 g/mol. The number of carboxylic acid groups (broad SMARTS) is 1. The number of amides is 1. The second-order valence-electron chi connectivity index (χ2n) is 8.29. The molecule has 3 aromatic rings. The van der Waals surface area contributed by atoms with Crippen LogP contribution in [0.5, 0.6) is 0 Å². The molecule has 0 atom stereocenters. The van der Waals surface area contributed by atoms with E-state index in [-0.39, 0.29) is 11.5 Å². The van der Waals surface area contributed by atoms with Crippen LogP contribution in [0.1, 0.15) is 40.0 Å². The lowest BCUT2D eigenvalue weighted by Crippen LogP contribution is -2.18. The van der Waals surface area contributed by atoms with Crippen LogP contribution in [-0.2, 0) is 11.3 Å². The van der Waals surface area contributed by atoms with Gasteiger partial charge in [0.05, 0.1) is 22.5 Å². The normalized spacial score (nSPS) is 16.9. The lowest BCUT2D eigenvalue weighted by atomic mass is 10.00. The van der Waals surface area contributed by atoms with Crippen molar-refractivity contribution >= 4 is 34.5 Å². The number of rotatable bonds is 6. The van der Waals surface area contributed by atoms with Gasteiger partial charge in [-0.25, -0.2) is 4.79 Å². The summed E-state index contributed by atoms with van der Waals surface area (Å²) in [5, 5.41) is 15.7. The summed E-state index contributed by atoms with van der Waals surface area (Å²) in [5.41, 5.74) is 4.79. The Morgan fingerprint density at radius 2 is 1.91 bits per heavy atom. The highest BCUT2D eigenvalue weighted by Crippen LogP contribution is 2.37. The average Bonchev–Trinajstić information content (AvgIpc) is 3.44. The highest BCUT2D eigenvalue weighted by molar-refractivity contribution is 6.37. The van der Waals surface area contributed by atoms with Crippen molar-refractivity contribution in [2.24, 2.45) is 0 Å². The Morgan fingerprint density at radius 3 is 2.67 bits per heavy atom. The number of pyridine rings is 1. The Balaban J connectivity index is 1.58. The van der Waals surface area contributed by atoms with Gasteiger partial charge in [0.1, 0.15) is 0 Å². The molecular formula is C26H24N4O3. The fourth-order valence-corrected chi connectivity index (χ4v) is 4.40. The van der Waals surface area contributed by atoms with Gasteiger partial charge in [-0.05, 0) is 74.0 Å². The standard InChI is InChI=1S/C26H24N4O3/c31-25-23(20-15-18(26(32)33)9-10-21(20)29-25)24(22-8-1-2-11-27-22)28-19-7-5-6-17(14-19)16-30-12-3-4-13-30/h1-2,5-11,14-15,28H,3-4,12-13,16H2,(H,29,31)(H,32,33). The molecule has 0 saturated carbocycles. The number of nitrogens with zero attached hydrogens (tertiary/aromatic N) is 2. The fourth-order valence-electron chi connectivity index (χ4n) is 4.40. The zero-order valence-corrected chi connectivity index (χ0v) is 18.0. The number of anilines is 2. The van der Waals surface area contributed by atoms with E-state index in [0.717, 1.165) is 25.3 Å². The molecule has 3 N–H and O–H groups in total. The van der Waals surface area contributed by atoms with Crippen molar-refractivity contribution in [3.05, 3.63) is 89.2 Å². The van der Waals surface area contributed by atoms with Gasteiger partial charge in [-0.3, -0.25) is 14.7 Å². The second-order valence-corrected chi connectivity index (χ2v) is 8.29. The molecule has 166 valence electrons. The number of carbonyl (C=O) groups is 2. The zero-order chi connectivity index (χ0) is 22.8. The first-order valence-corrected chi connectivity index (χ1v) is 11.0.